The van der Waals surface area contributed by atoms with E-state index in [0.29, 0.717) is 40.1 Å². The number of hydrogen-bond acceptors (Lipinski definition) is 9. The number of nitrogens with zero attached hydrogens (tertiary/aromatic N) is 4. The van der Waals surface area contributed by atoms with Crippen molar-refractivity contribution in [3.63, 3.8) is 0 Å². The molecule has 1 atom stereocenters. The van der Waals surface area contributed by atoms with E-state index in [4.69, 9.17) is 4.74 Å². The number of carbonyl (C=O) groups excluding carboxylic acids is 2. The number of methoxy groups -OCH3 is 1. The molecule has 12 nitrogen and oxygen atoms in total. The quantitative estimate of drug-likeness (QED) is 0.198. The monoisotopic (exact) mass is 514 g/mol. The molecule has 1 aromatic heterocycles. The van der Waals surface area contributed by atoms with E-state index < -0.39 is 23.5 Å². The minimum atomic E-state index is -0.816. The van der Waals surface area contributed by atoms with E-state index in [2.05, 4.69) is 20.8 Å². The average Bonchev–Trinajstić information content (AvgIpc) is 3.29. The average molecular weight is 515 g/mol. The highest BCUT2D eigenvalue weighted by Gasteiger charge is 2.23. The molecule has 0 saturated carbocycles. The Morgan fingerprint density at radius 1 is 1.22 bits per heavy atom. The zero-order valence-electron chi connectivity index (χ0n) is 19.9. The number of ether oxygens (including phenoxy) is 1. The third-order valence-corrected chi connectivity index (χ3v) is 6.20. The lowest BCUT2D eigenvalue weighted by Crippen LogP contribution is -2.32. The molecule has 1 unspecified atom stereocenters. The van der Waals surface area contributed by atoms with E-state index in [9.17, 15) is 24.8 Å². The molecule has 2 amide bonds. The number of carbonyl (C=O) groups is 2. The second-order valence-electron chi connectivity index (χ2n) is 7.62. The number of hydrogen-bond donors (Lipinski definition) is 3. The van der Waals surface area contributed by atoms with Gasteiger partial charge in [0, 0.05) is 29.4 Å². The zero-order valence-corrected chi connectivity index (χ0v) is 20.7. The number of benzene rings is 2. The van der Waals surface area contributed by atoms with Crippen molar-refractivity contribution in [1.82, 2.24) is 20.1 Å². The SMILES string of the molecule is CCn1c(SCC(=O)Nc2ccc(C)c([N+](=O)[O-])c2)nnc1C(CO)NC(=O)c1ccc(OC)cc1. The summed E-state index contributed by atoms with van der Waals surface area (Å²) < 4.78 is 6.79. The van der Waals surface area contributed by atoms with Crippen molar-refractivity contribution in [2.24, 2.45) is 0 Å². The molecule has 190 valence electrons. The Bertz CT molecular complexity index is 1250. The molecule has 0 aliphatic carbocycles. The molecule has 36 heavy (non-hydrogen) atoms. The number of aromatic nitrogens is 3. The van der Waals surface area contributed by atoms with Crippen LogP contribution in [0.4, 0.5) is 11.4 Å². The Hall–Kier alpha value is -3.97. The Morgan fingerprint density at radius 2 is 1.94 bits per heavy atom. The van der Waals surface area contributed by atoms with Gasteiger partial charge < -0.3 is 25.0 Å². The van der Waals surface area contributed by atoms with Gasteiger partial charge in [-0.1, -0.05) is 17.8 Å². The summed E-state index contributed by atoms with van der Waals surface area (Å²) in [5, 5.41) is 35.1. The van der Waals surface area contributed by atoms with Crippen molar-refractivity contribution < 1.29 is 24.4 Å². The number of nitro groups is 1. The minimum Gasteiger partial charge on any atom is -0.497 e. The number of nitro benzene ring substituents is 1. The van der Waals surface area contributed by atoms with Gasteiger partial charge in [0.1, 0.15) is 11.8 Å². The molecule has 1 heterocycles. The first-order valence-electron chi connectivity index (χ1n) is 10.9. The minimum absolute atomic E-state index is 0.0260. The molecular weight excluding hydrogens is 488 g/mol. The maximum absolute atomic E-state index is 12.6. The van der Waals surface area contributed by atoms with Crippen LogP contribution in [-0.4, -0.2) is 56.1 Å². The number of aryl methyl sites for hydroxylation is 1. The van der Waals surface area contributed by atoms with Gasteiger partial charge >= 0.3 is 0 Å². The van der Waals surface area contributed by atoms with Crippen LogP contribution in [0.3, 0.4) is 0 Å². The fraction of sp³-hybridized carbons (Fsp3) is 0.304. The van der Waals surface area contributed by atoms with E-state index >= 15 is 0 Å². The first kappa shape index (κ1) is 26.6. The Kier molecular flexibility index (Phi) is 8.97. The predicted octanol–water partition coefficient (Wildman–Crippen LogP) is 2.72. The molecule has 0 aliphatic heterocycles. The van der Waals surface area contributed by atoms with Crippen LogP contribution in [0.5, 0.6) is 5.75 Å². The normalized spacial score (nSPS) is 11.6. The smallest absolute Gasteiger partial charge is 0.274 e. The van der Waals surface area contributed by atoms with Gasteiger partial charge in [0.2, 0.25) is 5.91 Å². The zero-order chi connectivity index (χ0) is 26.2. The van der Waals surface area contributed by atoms with Crippen molar-refractivity contribution in [2.45, 2.75) is 31.6 Å². The van der Waals surface area contributed by atoms with Gasteiger partial charge in [0.15, 0.2) is 11.0 Å². The van der Waals surface area contributed by atoms with Gasteiger partial charge in [0.25, 0.3) is 11.6 Å². The van der Waals surface area contributed by atoms with Crippen LogP contribution < -0.4 is 15.4 Å². The summed E-state index contributed by atoms with van der Waals surface area (Å²) in [6.45, 7) is 3.50. The van der Waals surface area contributed by atoms with Crippen LogP contribution in [0, 0.1) is 17.0 Å². The van der Waals surface area contributed by atoms with Crippen LogP contribution in [0.25, 0.3) is 0 Å². The fourth-order valence-corrected chi connectivity index (χ4v) is 4.16. The summed E-state index contributed by atoms with van der Waals surface area (Å²) >= 11 is 1.12. The van der Waals surface area contributed by atoms with Crippen molar-refractivity contribution in [3.8, 4) is 5.75 Å². The van der Waals surface area contributed by atoms with E-state index in [0.717, 1.165) is 11.8 Å². The van der Waals surface area contributed by atoms with Crippen LogP contribution in [0.2, 0.25) is 0 Å². The second-order valence-corrected chi connectivity index (χ2v) is 8.56. The number of amides is 2. The third-order valence-electron chi connectivity index (χ3n) is 5.24. The maximum atomic E-state index is 12.6. The molecule has 3 rings (SSSR count). The van der Waals surface area contributed by atoms with Crippen LogP contribution >= 0.6 is 11.8 Å². The van der Waals surface area contributed by atoms with Gasteiger partial charge in [-0.2, -0.15) is 0 Å². The molecule has 2 aromatic carbocycles. The van der Waals surface area contributed by atoms with Gasteiger partial charge in [-0.05, 0) is 44.2 Å². The van der Waals surface area contributed by atoms with Crippen LogP contribution in [-0.2, 0) is 11.3 Å². The molecule has 13 heteroatoms. The van der Waals surface area contributed by atoms with E-state index in [1.54, 1.807) is 47.9 Å². The van der Waals surface area contributed by atoms with E-state index in [1.165, 1.54) is 13.2 Å². The standard InChI is InChI=1S/C23H26N6O6S/c1-4-28-21(18(12-30)25-22(32)15-6-9-17(35-3)10-7-15)26-27-23(28)36-13-20(31)24-16-8-5-14(2)19(11-16)29(33)34/h5-11,18,30H,4,12-13H2,1-3H3,(H,24,31)(H,25,32). The van der Waals surface area contributed by atoms with Crippen LogP contribution in [0.15, 0.2) is 47.6 Å². The predicted molar refractivity (Wildman–Crippen MR) is 133 cm³/mol. The van der Waals surface area contributed by atoms with Gasteiger partial charge in [-0.25, -0.2) is 0 Å². The number of nitrogens with one attached hydrogen (secondary N) is 2. The molecule has 0 fully saturated rings. The van der Waals surface area contributed by atoms with Crippen molar-refractivity contribution in [2.75, 3.05) is 24.8 Å². The molecule has 0 spiro atoms. The highest BCUT2D eigenvalue weighted by Crippen LogP contribution is 2.24. The van der Waals surface area contributed by atoms with Crippen molar-refractivity contribution >= 4 is 35.0 Å². The lowest BCUT2D eigenvalue weighted by molar-refractivity contribution is -0.385. The third kappa shape index (κ3) is 6.37. The molecule has 3 aromatic rings. The lowest BCUT2D eigenvalue weighted by atomic mass is 10.2. The second kappa shape index (κ2) is 12.1. The van der Waals surface area contributed by atoms with Gasteiger partial charge in [-0.15, -0.1) is 10.2 Å². The first-order valence-corrected chi connectivity index (χ1v) is 11.9. The van der Waals surface area contributed by atoms with E-state index in [-0.39, 0.29) is 17.3 Å². The molecule has 3 N–H and O–H groups in total. The number of aliphatic hydroxyl groups is 1. The summed E-state index contributed by atoms with van der Waals surface area (Å²) in [5.41, 5.74) is 1.12. The maximum Gasteiger partial charge on any atom is 0.274 e. The summed E-state index contributed by atoms with van der Waals surface area (Å²) in [5.74, 6) is 0.156. The summed E-state index contributed by atoms with van der Waals surface area (Å²) in [7, 11) is 1.53. The Labute approximate surface area is 211 Å². The molecular formula is C23H26N6O6S. The first-order chi connectivity index (χ1) is 17.3. The highest BCUT2D eigenvalue weighted by atomic mass is 32.2. The van der Waals surface area contributed by atoms with Crippen molar-refractivity contribution in [1.29, 1.82) is 0 Å². The van der Waals surface area contributed by atoms with E-state index in [1.807, 2.05) is 6.92 Å². The fourth-order valence-electron chi connectivity index (χ4n) is 3.35. The Balaban J connectivity index is 1.66. The summed E-state index contributed by atoms with van der Waals surface area (Å²) in [4.78, 5) is 35.7. The molecule has 0 aliphatic rings. The number of thioether (sulfide) groups is 1. The van der Waals surface area contributed by atoms with Crippen LogP contribution in [0.1, 0.15) is 34.7 Å². The van der Waals surface area contributed by atoms with Gasteiger partial charge in [-0.3, -0.25) is 19.7 Å². The molecule has 0 radical (unpaired) electrons. The van der Waals surface area contributed by atoms with Crippen molar-refractivity contribution in [3.05, 3.63) is 69.5 Å². The summed E-state index contributed by atoms with van der Waals surface area (Å²) in [6.07, 6.45) is 0. The molecule has 0 saturated heterocycles. The molecule has 0 bridgehead atoms. The highest BCUT2D eigenvalue weighted by molar-refractivity contribution is 7.99. The largest absolute Gasteiger partial charge is 0.497 e. The lowest BCUT2D eigenvalue weighted by Gasteiger charge is -2.17. The summed E-state index contributed by atoms with van der Waals surface area (Å²) in [6, 6.07) is 10.2. The number of rotatable bonds is 11. The number of aliphatic hydroxyl groups excluding tert-OH is 1. The van der Waals surface area contributed by atoms with Gasteiger partial charge in [0.05, 0.1) is 24.4 Å². The topological polar surface area (TPSA) is 162 Å². The number of anilines is 1. The Morgan fingerprint density at radius 3 is 2.56 bits per heavy atom.